The van der Waals surface area contributed by atoms with Gasteiger partial charge in [-0.15, -0.1) is 11.3 Å². The van der Waals surface area contributed by atoms with Crippen LogP contribution < -0.4 is 0 Å². The first-order valence-electron chi connectivity index (χ1n) is 5.42. The quantitative estimate of drug-likeness (QED) is 0.849. The molecular formula is C12H14N2O2S. The highest BCUT2D eigenvalue weighted by Crippen LogP contribution is 2.28. The molecule has 1 N–H and O–H groups in total. The van der Waals surface area contributed by atoms with Crippen molar-refractivity contribution in [1.82, 2.24) is 9.97 Å². The predicted molar refractivity (Wildman–Crippen MR) is 66.9 cm³/mol. The molecule has 2 aromatic rings. The van der Waals surface area contributed by atoms with Gasteiger partial charge in [0.25, 0.3) is 0 Å². The third-order valence-corrected chi connectivity index (χ3v) is 3.53. The molecule has 0 radical (unpaired) electrons. The van der Waals surface area contributed by atoms with Crippen LogP contribution in [-0.2, 0) is 9.53 Å². The normalized spacial score (nSPS) is 12.4. The van der Waals surface area contributed by atoms with Gasteiger partial charge >= 0.3 is 5.97 Å². The summed E-state index contributed by atoms with van der Waals surface area (Å²) in [4.78, 5) is 19.1. The molecule has 0 saturated heterocycles. The number of nitrogens with zero attached hydrogens (tertiary/aromatic N) is 1. The maximum atomic E-state index is 11.6. The fourth-order valence-electron chi connectivity index (χ4n) is 1.67. The molecule has 0 aliphatic rings. The van der Waals surface area contributed by atoms with Gasteiger partial charge in [0.05, 0.1) is 18.7 Å². The van der Waals surface area contributed by atoms with Crippen molar-refractivity contribution in [1.29, 1.82) is 0 Å². The van der Waals surface area contributed by atoms with E-state index in [1.807, 2.05) is 30.8 Å². The zero-order valence-electron chi connectivity index (χ0n) is 9.77. The molecule has 0 saturated carbocycles. The number of H-pyrrole nitrogens is 1. The number of esters is 1. The van der Waals surface area contributed by atoms with Crippen molar-refractivity contribution < 1.29 is 9.53 Å². The fraction of sp³-hybridized carbons (Fsp3) is 0.333. The number of ether oxygens (including phenoxy) is 1. The average molecular weight is 250 g/mol. The van der Waals surface area contributed by atoms with Crippen LogP contribution in [0.4, 0.5) is 0 Å². The van der Waals surface area contributed by atoms with Gasteiger partial charge in [0.15, 0.2) is 0 Å². The number of nitrogens with one attached hydrogen (secondary N) is 1. The lowest BCUT2D eigenvalue weighted by molar-refractivity contribution is -0.142. The molecule has 4 nitrogen and oxygen atoms in total. The Balaban J connectivity index is 2.25. The SMILES string of the molecule is CCC(C(=O)OC)c1csc(-c2cc[nH]c2)n1. The van der Waals surface area contributed by atoms with Gasteiger partial charge in [0.1, 0.15) is 5.01 Å². The van der Waals surface area contributed by atoms with E-state index in [1.165, 1.54) is 18.4 Å². The van der Waals surface area contributed by atoms with Crippen molar-refractivity contribution in [3.8, 4) is 10.6 Å². The van der Waals surface area contributed by atoms with E-state index in [0.29, 0.717) is 6.42 Å². The van der Waals surface area contributed by atoms with Crippen LogP contribution in [-0.4, -0.2) is 23.0 Å². The molecule has 0 bridgehead atoms. The van der Waals surface area contributed by atoms with E-state index in [4.69, 9.17) is 4.74 Å². The molecule has 0 amide bonds. The second-order valence-electron chi connectivity index (χ2n) is 3.66. The number of hydrogen-bond donors (Lipinski definition) is 1. The number of methoxy groups -OCH3 is 1. The average Bonchev–Trinajstić information content (AvgIpc) is 2.99. The standard InChI is InChI=1S/C12H14N2O2S/c1-3-9(12(15)16-2)10-7-17-11(14-10)8-4-5-13-6-8/h4-7,9,13H,3H2,1-2H3. The first kappa shape index (κ1) is 11.9. The van der Waals surface area contributed by atoms with Crippen LogP contribution in [0.25, 0.3) is 10.6 Å². The summed E-state index contributed by atoms with van der Waals surface area (Å²) in [5.74, 6) is -0.484. The second kappa shape index (κ2) is 5.14. The summed E-state index contributed by atoms with van der Waals surface area (Å²) in [6, 6.07) is 1.96. The molecular weight excluding hydrogens is 236 g/mol. The summed E-state index contributed by atoms with van der Waals surface area (Å²) in [6.07, 6.45) is 4.44. The van der Waals surface area contributed by atoms with Crippen LogP contribution in [0.5, 0.6) is 0 Å². The maximum absolute atomic E-state index is 11.6. The molecule has 2 rings (SSSR count). The summed E-state index contributed by atoms with van der Waals surface area (Å²) < 4.78 is 4.78. The van der Waals surface area contributed by atoms with Gasteiger partial charge in [-0.2, -0.15) is 0 Å². The first-order valence-corrected chi connectivity index (χ1v) is 6.30. The van der Waals surface area contributed by atoms with Crippen LogP contribution in [0.2, 0.25) is 0 Å². The first-order chi connectivity index (χ1) is 8.26. The van der Waals surface area contributed by atoms with E-state index in [0.717, 1.165) is 16.3 Å². The van der Waals surface area contributed by atoms with E-state index in [9.17, 15) is 4.79 Å². The van der Waals surface area contributed by atoms with Crippen molar-refractivity contribution in [3.05, 3.63) is 29.5 Å². The Bertz CT molecular complexity index is 490. The maximum Gasteiger partial charge on any atom is 0.314 e. The molecule has 0 aliphatic heterocycles. The van der Waals surface area contributed by atoms with Gasteiger partial charge in [-0.05, 0) is 12.5 Å². The van der Waals surface area contributed by atoms with Gasteiger partial charge in [-0.25, -0.2) is 4.98 Å². The molecule has 0 fully saturated rings. The number of carbonyl (C=O) groups is 1. The molecule has 5 heteroatoms. The van der Waals surface area contributed by atoms with E-state index in [2.05, 4.69) is 9.97 Å². The number of carbonyl (C=O) groups excluding carboxylic acids is 1. The molecule has 90 valence electrons. The van der Waals surface area contributed by atoms with Gasteiger partial charge in [0, 0.05) is 23.3 Å². The van der Waals surface area contributed by atoms with Gasteiger partial charge in [-0.3, -0.25) is 4.79 Å². The third kappa shape index (κ3) is 2.39. The van der Waals surface area contributed by atoms with E-state index >= 15 is 0 Å². The summed E-state index contributed by atoms with van der Waals surface area (Å²) in [6.45, 7) is 1.96. The van der Waals surface area contributed by atoms with E-state index in [-0.39, 0.29) is 11.9 Å². The minimum Gasteiger partial charge on any atom is -0.469 e. The summed E-state index contributed by atoms with van der Waals surface area (Å²) >= 11 is 1.54. The van der Waals surface area contributed by atoms with E-state index in [1.54, 1.807) is 0 Å². The Morgan fingerprint density at radius 2 is 2.47 bits per heavy atom. The van der Waals surface area contributed by atoms with E-state index < -0.39 is 0 Å². The summed E-state index contributed by atoms with van der Waals surface area (Å²) in [5, 5.41) is 2.84. The molecule has 1 unspecified atom stereocenters. The largest absolute Gasteiger partial charge is 0.469 e. The number of aromatic nitrogens is 2. The van der Waals surface area contributed by atoms with Crippen LogP contribution in [0.15, 0.2) is 23.8 Å². The Morgan fingerprint density at radius 3 is 3.06 bits per heavy atom. The number of aromatic amines is 1. The molecule has 2 heterocycles. The molecule has 2 aromatic heterocycles. The van der Waals surface area contributed by atoms with Crippen molar-refractivity contribution in [3.63, 3.8) is 0 Å². The smallest absolute Gasteiger partial charge is 0.314 e. The number of rotatable bonds is 4. The highest BCUT2D eigenvalue weighted by atomic mass is 32.1. The molecule has 0 aliphatic carbocycles. The molecule has 1 atom stereocenters. The van der Waals surface area contributed by atoms with Gasteiger partial charge in [0.2, 0.25) is 0 Å². The lowest BCUT2D eigenvalue weighted by Crippen LogP contribution is -2.13. The topological polar surface area (TPSA) is 55.0 Å². The zero-order valence-corrected chi connectivity index (χ0v) is 10.6. The second-order valence-corrected chi connectivity index (χ2v) is 4.52. The van der Waals surface area contributed by atoms with Crippen molar-refractivity contribution >= 4 is 17.3 Å². The number of hydrogen-bond acceptors (Lipinski definition) is 4. The van der Waals surface area contributed by atoms with Crippen molar-refractivity contribution in [2.45, 2.75) is 19.3 Å². The molecule has 17 heavy (non-hydrogen) atoms. The third-order valence-electron chi connectivity index (χ3n) is 2.62. The van der Waals surface area contributed by atoms with Crippen LogP contribution >= 0.6 is 11.3 Å². The van der Waals surface area contributed by atoms with Crippen LogP contribution in [0, 0.1) is 0 Å². The molecule has 0 aromatic carbocycles. The van der Waals surface area contributed by atoms with Crippen LogP contribution in [0.1, 0.15) is 25.0 Å². The Hall–Kier alpha value is -1.62. The summed E-state index contributed by atoms with van der Waals surface area (Å²) in [7, 11) is 1.41. The predicted octanol–water partition coefficient (Wildman–Crippen LogP) is 2.80. The Morgan fingerprint density at radius 1 is 1.65 bits per heavy atom. The Labute approximate surface area is 104 Å². The minimum atomic E-state index is -0.260. The van der Waals surface area contributed by atoms with Gasteiger partial charge in [-0.1, -0.05) is 6.92 Å². The highest BCUT2D eigenvalue weighted by Gasteiger charge is 2.22. The number of thiazole rings is 1. The van der Waals surface area contributed by atoms with Crippen molar-refractivity contribution in [2.24, 2.45) is 0 Å². The fourth-order valence-corrected chi connectivity index (χ4v) is 2.55. The highest BCUT2D eigenvalue weighted by molar-refractivity contribution is 7.13. The summed E-state index contributed by atoms with van der Waals surface area (Å²) in [5.41, 5.74) is 1.83. The monoisotopic (exact) mass is 250 g/mol. The molecule has 0 spiro atoms. The van der Waals surface area contributed by atoms with Gasteiger partial charge < -0.3 is 9.72 Å². The minimum absolute atomic E-state index is 0.224. The van der Waals surface area contributed by atoms with Crippen LogP contribution in [0.3, 0.4) is 0 Å². The van der Waals surface area contributed by atoms with Crippen molar-refractivity contribution in [2.75, 3.05) is 7.11 Å². The Kier molecular flexibility index (Phi) is 3.58. The zero-order chi connectivity index (χ0) is 12.3. The lowest BCUT2D eigenvalue weighted by atomic mass is 10.0. The lowest BCUT2D eigenvalue weighted by Gasteiger charge is -2.08.